The van der Waals surface area contributed by atoms with E-state index in [-0.39, 0.29) is 29.9 Å². The van der Waals surface area contributed by atoms with E-state index in [1.54, 1.807) is 0 Å². The van der Waals surface area contributed by atoms with Gasteiger partial charge in [0.1, 0.15) is 0 Å². The van der Waals surface area contributed by atoms with Gasteiger partial charge in [0.2, 0.25) is 5.91 Å². The van der Waals surface area contributed by atoms with Gasteiger partial charge in [-0.1, -0.05) is 19.3 Å². The summed E-state index contributed by atoms with van der Waals surface area (Å²) in [5.74, 6) is 1.91. The van der Waals surface area contributed by atoms with Crippen LogP contribution in [0.15, 0.2) is 4.99 Å². The third kappa shape index (κ3) is 7.21. The normalized spacial score (nSPS) is 23.5. The van der Waals surface area contributed by atoms with Gasteiger partial charge in [-0.05, 0) is 51.6 Å². The summed E-state index contributed by atoms with van der Waals surface area (Å²) < 4.78 is 0. The number of carbonyl (C=O) groups is 1. The second-order valence-electron chi connectivity index (χ2n) is 7.98. The Hall–Kier alpha value is -0.570. The molecule has 7 heteroatoms. The van der Waals surface area contributed by atoms with Crippen molar-refractivity contribution in [1.82, 2.24) is 15.1 Å². The van der Waals surface area contributed by atoms with Crippen LogP contribution in [0.2, 0.25) is 0 Å². The zero-order valence-corrected chi connectivity index (χ0v) is 19.1. The maximum atomic E-state index is 11.2. The van der Waals surface area contributed by atoms with Gasteiger partial charge in [-0.25, -0.2) is 0 Å². The average molecular weight is 479 g/mol. The summed E-state index contributed by atoms with van der Waals surface area (Å²) in [7, 11) is 6.23. The van der Waals surface area contributed by atoms with Crippen LogP contribution in [0.5, 0.6) is 0 Å². The molecule has 1 aliphatic carbocycles. The number of halogens is 1. The number of rotatable bonds is 6. The topological polar surface area (TPSA) is 74.0 Å². The van der Waals surface area contributed by atoms with Gasteiger partial charge in [-0.15, -0.1) is 24.0 Å². The van der Waals surface area contributed by atoms with Crippen LogP contribution in [0.4, 0.5) is 0 Å². The summed E-state index contributed by atoms with van der Waals surface area (Å²) >= 11 is 0. The molecule has 0 spiro atoms. The highest BCUT2D eigenvalue weighted by Gasteiger charge is 2.27. The Morgan fingerprint density at radius 1 is 1.23 bits per heavy atom. The lowest BCUT2D eigenvalue weighted by Crippen LogP contribution is -2.51. The molecule has 1 heterocycles. The Bertz CT molecular complexity index is 451. The highest BCUT2D eigenvalue weighted by molar-refractivity contribution is 14.0. The summed E-state index contributed by atoms with van der Waals surface area (Å²) in [6.07, 6.45) is 9.46. The fourth-order valence-corrected chi connectivity index (χ4v) is 4.53. The van der Waals surface area contributed by atoms with Crippen LogP contribution >= 0.6 is 24.0 Å². The van der Waals surface area contributed by atoms with E-state index in [1.807, 2.05) is 7.05 Å². The lowest BCUT2D eigenvalue weighted by atomic mass is 9.83. The summed E-state index contributed by atoms with van der Waals surface area (Å²) in [4.78, 5) is 20.4. The number of primary amides is 1. The average Bonchev–Trinajstić information content (AvgIpc) is 2.59. The molecule has 2 atom stereocenters. The molecular weight excluding hydrogens is 441 g/mol. The van der Waals surface area contributed by atoms with Crippen LogP contribution in [-0.2, 0) is 4.79 Å². The van der Waals surface area contributed by atoms with Crippen LogP contribution in [0.3, 0.4) is 0 Å². The molecule has 2 fully saturated rings. The van der Waals surface area contributed by atoms with Crippen LogP contribution in [0.25, 0.3) is 0 Å². The highest BCUT2D eigenvalue weighted by Crippen LogP contribution is 2.28. The fourth-order valence-electron chi connectivity index (χ4n) is 4.53. The second kappa shape index (κ2) is 12.0. The van der Waals surface area contributed by atoms with E-state index in [0.717, 1.165) is 44.4 Å². The Labute approximate surface area is 176 Å². The highest BCUT2D eigenvalue weighted by atomic mass is 127. The van der Waals surface area contributed by atoms with Gasteiger partial charge < -0.3 is 20.9 Å². The number of hydrogen-bond acceptors (Lipinski definition) is 3. The zero-order chi connectivity index (χ0) is 18.2. The molecule has 1 saturated heterocycles. The molecule has 1 saturated carbocycles. The first kappa shape index (κ1) is 23.5. The molecule has 26 heavy (non-hydrogen) atoms. The Kier molecular flexibility index (Phi) is 10.8. The first-order chi connectivity index (χ1) is 12.0. The zero-order valence-electron chi connectivity index (χ0n) is 16.7. The first-order valence-corrected chi connectivity index (χ1v) is 9.91. The fraction of sp³-hybridized carbons (Fsp3) is 0.895. The van der Waals surface area contributed by atoms with E-state index < -0.39 is 0 Å². The number of likely N-dealkylation sites (tertiary alicyclic amines) is 1. The predicted molar refractivity (Wildman–Crippen MR) is 119 cm³/mol. The second-order valence-corrected chi connectivity index (χ2v) is 7.98. The molecule has 1 aliphatic heterocycles. The smallest absolute Gasteiger partial charge is 0.217 e. The number of nitrogens with one attached hydrogen (secondary N) is 1. The van der Waals surface area contributed by atoms with Crippen molar-refractivity contribution >= 4 is 35.8 Å². The molecule has 0 aromatic rings. The van der Waals surface area contributed by atoms with E-state index in [0.29, 0.717) is 18.4 Å². The number of aliphatic imine (C=N–C) groups is 1. The SMILES string of the molecule is CN=C(NCC(C1CCCCC1)N(C)C)N1CCCC(CC(N)=O)C1.I. The molecule has 6 nitrogen and oxygen atoms in total. The molecule has 2 rings (SSSR count). The largest absolute Gasteiger partial charge is 0.370 e. The van der Waals surface area contributed by atoms with Gasteiger partial charge in [0.25, 0.3) is 0 Å². The van der Waals surface area contributed by atoms with Gasteiger partial charge in [0, 0.05) is 39.1 Å². The van der Waals surface area contributed by atoms with Crippen molar-refractivity contribution in [2.45, 2.75) is 57.4 Å². The Morgan fingerprint density at radius 2 is 1.92 bits per heavy atom. The Balaban J connectivity index is 0.00000338. The van der Waals surface area contributed by atoms with Gasteiger partial charge in [0.05, 0.1) is 0 Å². The molecule has 0 aromatic carbocycles. The van der Waals surface area contributed by atoms with E-state index in [4.69, 9.17) is 5.73 Å². The summed E-state index contributed by atoms with van der Waals surface area (Å²) in [6, 6.07) is 0.545. The number of likely N-dealkylation sites (N-methyl/N-ethyl adjacent to an activating group) is 1. The van der Waals surface area contributed by atoms with Crippen molar-refractivity contribution in [3.05, 3.63) is 0 Å². The van der Waals surface area contributed by atoms with Crippen molar-refractivity contribution < 1.29 is 4.79 Å². The molecule has 1 amide bonds. The molecule has 0 radical (unpaired) electrons. The number of guanidine groups is 1. The molecular formula is C19H38IN5O. The standard InChI is InChI=1S/C19H37N5O.HI/c1-21-19(24-11-7-8-15(14-24)12-18(20)25)22-13-17(23(2)3)16-9-5-4-6-10-16;/h15-17H,4-14H2,1-3H3,(H2,20,25)(H,21,22);1H. The number of piperidine rings is 1. The van der Waals surface area contributed by atoms with Crippen LogP contribution in [-0.4, -0.2) is 68.5 Å². The third-order valence-corrected chi connectivity index (χ3v) is 5.85. The molecule has 152 valence electrons. The minimum atomic E-state index is -0.195. The number of amides is 1. The van der Waals surface area contributed by atoms with E-state index >= 15 is 0 Å². The van der Waals surface area contributed by atoms with Gasteiger partial charge in [0.15, 0.2) is 5.96 Å². The third-order valence-electron chi connectivity index (χ3n) is 5.85. The van der Waals surface area contributed by atoms with Crippen molar-refractivity contribution in [3.63, 3.8) is 0 Å². The minimum Gasteiger partial charge on any atom is -0.370 e. The molecule has 0 aromatic heterocycles. The summed E-state index contributed by atoms with van der Waals surface area (Å²) in [5.41, 5.74) is 5.38. The van der Waals surface area contributed by atoms with Gasteiger partial charge in [-0.2, -0.15) is 0 Å². The number of nitrogens with two attached hydrogens (primary N) is 1. The lowest BCUT2D eigenvalue weighted by Gasteiger charge is -2.38. The van der Waals surface area contributed by atoms with Gasteiger partial charge >= 0.3 is 0 Å². The lowest BCUT2D eigenvalue weighted by molar-refractivity contribution is -0.119. The molecule has 2 aliphatic rings. The predicted octanol–water partition coefficient (Wildman–Crippen LogP) is 2.28. The maximum absolute atomic E-state index is 11.2. The van der Waals surface area contributed by atoms with Crippen LogP contribution in [0.1, 0.15) is 51.4 Å². The Morgan fingerprint density at radius 3 is 2.50 bits per heavy atom. The molecule has 2 unspecified atom stereocenters. The van der Waals surface area contributed by atoms with E-state index in [9.17, 15) is 4.79 Å². The monoisotopic (exact) mass is 479 g/mol. The van der Waals surface area contributed by atoms with Crippen molar-refractivity contribution in [1.29, 1.82) is 0 Å². The molecule has 3 N–H and O–H groups in total. The minimum absolute atomic E-state index is 0. The van der Waals surface area contributed by atoms with Crippen LogP contribution in [0, 0.1) is 11.8 Å². The van der Waals surface area contributed by atoms with Crippen molar-refractivity contribution in [2.75, 3.05) is 40.8 Å². The summed E-state index contributed by atoms with van der Waals surface area (Å²) in [6.45, 7) is 2.81. The van der Waals surface area contributed by atoms with E-state index in [2.05, 4.69) is 34.2 Å². The van der Waals surface area contributed by atoms with Gasteiger partial charge in [-0.3, -0.25) is 9.79 Å². The van der Waals surface area contributed by atoms with Crippen molar-refractivity contribution in [3.8, 4) is 0 Å². The molecule has 0 bridgehead atoms. The van der Waals surface area contributed by atoms with E-state index in [1.165, 1.54) is 32.1 Å². The number of carbonyl (C=O) groups excluding carboxylic acids is 1. The number of nitrogens with zero attached hydrogens (tertiary/aromatic N) is 3. The maximum Gasteiger partial charge on any atom is 0.217 e. The quantitative estimate of drug-likeness (QED) is 0.348. The first-order valence-electron chi connectivity index (χ1n) is 9.91. The van der Waals surface area contributed by atoms with Crippen LogP contribution < -0.4 is 11.1 Å². The number of hydrogen-bond donors (Lipinski definition) is 2. The van der Waals surface area contributed by atoms with Crippen molar-refractivity contribution in [2.24, 2.45) is 22.6 Å². The summed E-state index contributed by atoms with van der Waals surface area (Å²) in [5, 5.41) is 3.61.